The van der Waals surface area contributed by atoms with Gasteiger partial charge in [0.2, 0.25) is 0 Å². The molecule has 0 heterocycles. The Labute approximate surface area is 119 Å². The zero-order valence-corrected chi connectivity index (χ0v) is 12.2. The third kappa shape index (κ3) is 5.73. The van der Waals surface area contributed by atoms with Gasteiger partial charge in [-0.15, -0.1) is 0 Å². The van der Waals surface area contributed by atoms with Crippen molar-refractivity contribution in [1.29, 1.82) is 0 Å². The SMILES string of the molecule is CC(C)(C)CCNC(=O)N(CC(=O)O)c1ccccc1. The Morgan fingerprint density at radius 3 is 2.30 bits per heavy atom. The van der Waals surface area contributed by atoms with Crippen LogP contribution < -0.4 is 10.2 Å². The number of carbonyl (C=O) groups excluding carboxylic acids is 1. The first kappa shape index (κ1) is 16.0. The van der Waals surface area contributed by atoms with Gasteiger partial charge in [-0.05, 0) is 24.0 Å². The van der Waals surface area contributed by atoms with Crippen LogP contribution in [0.25, 0.3) is 0 Å². The number of carboxylic acid groups (broad SMARTS) is 1. The van der Waals surface area contributed by atoms with E-state index in [1.54, 1.807) is 24.3 Å². The molecule has 2 amide bonds. The van der Waals surface area contributed by atoms with Crippen LogP contribution in [0, 0.1) is 5.41 Å². The van der Waals surface area contributed by atoms with Crippen molar-refractivity contribution >= 4 is 17.7 Å². The van der Waals surface area contributed by atoms with Gasteiger partial charge in [-0.3, -0.25) is 9.69 Å². The summed E-state index contributed by atoms with van der Waals surface area (Å²) in [5.74, 6) is -1.04. The summed E-state index contributed by atoms with van der Waals surface area (Å²) in [6, 6.07) is 8.40. The summed E-state index contributed by atoms with van der Waals surface area (Å²) in [4.78, 5) is 24.2. The molecule has 0 fully saturated rings. The number of aliphatic carboxylic acids is 1. The number of nitrogens with one attached hydrogen (secondary N) is 1. The summed E-state index contributed by atoms with van der Waals surface area (Å²) >= 11 is 0. The number of hydrogen-bond acceptors (Lipinski definition) is 2. The molecule has 0 unspecified atom stereocenters. The van der Waals surface area contributed by atoms with Crippen molar-refractivity contribution < 1.29 is 14.7 Å². The van der Waals surface area contributed by atoms with Gasteiger partial charge in [0.05, 0.1) is 0 Å². The van der Waals surface area contributed by atoms with E-state index in [0.29, 0.717) is 12.2 Å². The number of urea groups is 1. The van der Waals surface area contributed by atoms with Gasteiger partial charge in [-0.2, -0.15) is 0 Å². The first-order valence-electron chi connectivity index (χ1n) is 6.62. The fourth-order valence-corrected chi connectivity index (χ4v) is 1.66. The lowest BCUT2D eigenvalue weighted by Gasteiger charge is -2.23. The van der Waals surface area contributed by atoms with Gasteiger partial charge in [-0.1, -0.05) is 39.0 Å². The highest BCUT2D eigenvalue weighted by atomic mass is 16.4. The lowest BCUT2D eigenvalue weighted by Crippen LogP contribution is -2.43. The van der Waals surface area contributed by atoms with Crippen molar-refractivity contribution in [3.05, 3.63) is 30.3 Å². The minimum atomic E-state index is -1.04. The molecule has 110 valence electrons. The van der Waals surface area contributed by atoms with Crippen LogP contribution in [-0.2, 0) is 4.79 Å². The first-order chi connectivity index (χ1) is 9.29. The van der Waals surface area contributed by atoms with E-state index in [-0.39, 0.29) is 18.0 Å². The van der Waals surface area contributed by atoms with Crippen LogP contribution in [0.15, 0.2) is 30.3 Å². The first-order valence-corrected chi connectivity index (χ1v) is 6.62. The average molecular weight is 278 g/mol. The summed E-state index contributed by atoms with van der Waals surface area (Å²) in [5, 5.41) is 11.7. The van der Waals surface area contributed by atoms with Crippen LogP contribution in [0.3, 0.4) is 0 Å². The molecule has 1 aromatic carbocycles. The molecule has 0 saturated heterocycles. The lowest BCUT2D eigenvalue weighted by molar-refractivity contribution is -0.135. The van der Waals surface area contributed by atoms with E-state index in [4.69, 9.17) is 5.11 Å². The van der Waals surface area contributed by atoms with Crippen LogP contribution in [0.5, 0.6) is 0 Å². The smallest absolute Gasteiger partial charge is 0.323 e. The zero-order valence-electron chi connectivity index (χ0n) is 12.2. The molecule has 0 aliphatic rings. The molecule has 0 aromatic heterocycles. The molecule has 0 atom stereocenters. The molecule has 0 radical (unpaired) electrons. The van der Waals surface area contributed by atoms with Crippen molar-refractivity contribution in [3.8, 4) is 0 Å². The van der Waals surface area contributed by atoms with E-state index in [1.807, 2.05) is 6.07 Å². The summed E-state index contributed by atoms with van der Waals surface area (Å²) < 4.78 is 0. The fraction of sp³-hybridized carbons (Fsp3) is 0.467. The number of amides is 2. The molecule has 0 aliphatic carbocycles. The van der Waals surface area contributed by atoms with Crippen molar-refractivity contribution in [3.63, 3.8) is 0 Å². The lowest BCUT2D eigenvalue weighted by atomic mass is 9.92. The number of benzene rings is 1. The molecule has 0 saturated carbocycles. The maximum absolute atomic E-state index is 12.1. The second kappa shape index (κ2) is 6.93. The van der Waals surface area contributed by atoms with Gasteiger partial charge in [0.1, 0.15) is 6.54 Å². The number of anilines is 1. The predicted molar refractivity (Wildman–Crippen MR) is 78.9 cm³/mol. The summed E-state index contributed by atoms with van der Waals surface area (Å²) in [7, 11) is 0. The highest BCUT2D eigenvalue weighted by Crippen LogP contribution is 2.17. The molecule has 1 rings (SSSR count). The van der Waals surface area contributed by atoms with E-state index >= 15 is 0 Å². The average Bonchev–Trinajstić information content (AvgIpc) is 2.35. The van der Waals surface area contributed by atoms with E-state index in [9.17, 15) is 9.59 Å². The highest BCUT2D eigenvalue weighted by Gasteiger charge is 2.19. The van der Waals surface area contributed by atoms with Crippen molar-refractivity contribution in [1.82, 2.24) is 5.32 Å². The standard InChI is InChI=1S/C15H22N2O3/c1-15(2,3)9-10-16-14(20)17(11-13(18)19)12-7-5-4-6-8-12/h4-8H,9-11H2,1-3H3,(H,16,20)(H,18,19). The number of rotatable bonds is 5. The molecule has 0 bridgehead atoms. The second-order valence-corrected chi connectivity index (χ2v) is 5.86. The second-order valence-electron chi connectivity index (χ2n) is 5.86. The van der Waals surface area contributed by atoms with E-state index in [2.05, 4.69) is 26.1 Å². The molecule has 2 N–H and O–H groups in total. The van der Waals surface area contributed by atoms with Gasteiger partial charge in [-0.25, -0.2) is 4.79 Å². The number of carbonyl (C=O) groups is 2. The number of nitrogens with zero attached hydrogens (tertiary/aromatic N) is 1. The largest absolute Gasteiger partial charge is 0.480 e. The molecular weight excluding hydrogens is 256 g/mol. The Hall–Kier alpha value is -2.04. The summed E-state index contributed by atoms with van der Waals surface area (Å²) in [5.41, 5.74) is 0.695. The fourth-order valence-electron chi connectivity index (χ4n) is 1.66. The van der Waals surface area contributed by atoms with Crippen LogP contribution in [0.1, 0.15) is 27.2 Å². The quantitative estimate of drug-likeness (QED) is 0.870. The van der Waals surface area contributed by atoms with Crippen LogP contribution in [0.2, 0.25) is 0 Å². The van der Waals surface area contributed by atoms with Crippen LogP contribution >= 0.6 is 0 Å². The topological polar surface area (TPSA) is 69.6 Å². The molecule has 20 heavy (non-hydrogen) atoms. The van der Waals surface area contributed by atoms with Gasteiger partial charge >= 0.3 is 12.0 Å². The molecule has 5 heteroatoms. The Morgan fingerprint density at radius 2 is 1.80 bits per heavy atom. The normalized spacial score (nSPS) is 10.9. The molecule has 0 spiro atoms. The maximum Gasteiger partial charge on any atom is 0.323 e. The van der Waals surface area contributed by atoms with E-state index in [1.165, 1.54) is 4.90 Å². The third-order valence-electron chi connectivity index (χ3n) is 2.76. The minimum Gasteiger partial charge on any atom is -0.480 e. The van der Waals surface area contributed by atoms with Gasteiger partial charge < -0.3 is 10.4 Å². The summed E-state index contributed by atoms with van der Waals surface area (Å²) in [6.07, 6.45) is 0.828. The maximum atomic E-state index is 12.1. The molecule has 5 nitrogen and oxygen atoms in total. The Kier molecular flexibility index (Phi) is 5.55. The van der Waals surface area contributed by atoms with Crippen LogP contribution in [-0.4, -0.2) is 30.2 Å². The third-order valence-corrected chi connectivity index (χ3v) is 2.76. The number of hydrogen-bond donors (Lipinski definition) is 2. The predicted octanol–water partition coefficient (Wildman–Crippen LogP) is 2.72. The Bertz CT molecular complexity index is 452. The van der Waals surface area contributed by atoms with Crippen molar-refractivity contribution in [2.75, 3.05) is 18.0 Å². The minimum absolute atomic E-state index is 0.123. The molecular formula is C15H22N2O3. The van der Waals surface area contributed by atoms with Gasteiger partial charge in [0, 0.05) is 12.2 Å². The van der Waals surface area contributed by atoms with E-state index < -0.39 is 5.97 Å². The van der Waals surface area contributed by atoms with Crippen molar-refractivity contribution in [2.45, 2.75) is 27.2 Å². The van der Waals surface area contributed by atoms with E-state index in [0.717, 1.165) is 6.42 Å². The highest BCUT2D eigenvalue weighted by molar-refractivity contribution is 5.96. The zero-order chi connectivity index (χ0) is 15.2. The van der Waals surface area contributed by atoms with Crippen molar-refractivity contribution in [2.24, 2.45) is 5.41 Å². The summed E-state index contributed by atoms with van der Waals surface area (Å²) in [6.45, 7) is 6.43. The Morgan fingerprint density at radius 1 is 1.20 bits per heavy atom. The van der Waals surface area contributed by atoms with Gasteiger partial charge in [0.25, 0.3) is 0 Å². The Balaban J connectivity index is 2.69. The number of carboxylic acids is 1. The van der Waals surface area contributed by atoms with Crippen LogP contribution in [0.4, 0.5) is 10.5 Å². The number of para-hydroxylation sites is 1. The monoisotopic (exact) mass is 278 g/mol. The van der Waals surface area contributed by atoms with Gasteiger partial charge in [0.15, 0.2) is 0 Å². The molecule has 1 aromatic rings. The molecule has 0 aliphatic heterocycles.